The van der Waals surface area contributed by atoms with E-state index in [1.807, 2.05) is 19.4 Å². The fourth-order valence-corrected chi connectivity index (χ4v) is 3.61. The highest BCUT2D eigenvalue weighted by Crippen LogP contribution is 2.50. The molecule has 2 aromatic heterocycles. The lowest BCUT2D eigenvalue weighted by Crippen LogP contribution is -2.36. The van der Waals surface area contributed by atoms with Gasteiger partial charge in [0.15, 0.2) is 12.2 Å². The summed E-state index contributed by atoms with van der Waals surface area (Å²) in [7, 11) is -1.70. The van der Waals surface area contributed by atoms with Crippen LogP contribution in [0, 0.1) is 13.8 Å². The van der Waals surface area contributed by atoms with Gasteiger partial charge < -0.3 is 14.4 Å². The molecule has 0 aliphatic heterocycles. The minimum atomic E-state index is -3.50. The average Bonchev–Trinajstić information content (AvgIpc) is 2.73. The standard InChI is InChI=1S/C12H17N3O4P2S/c1-8-10(5-13-12(16)14-8)6-15-7-22-11(9(15)2)3-4-19-21(17,18)20/h5,7H,3-4,6,20H2,1-2H3,(H-,13,14,16,17,18)/p+1. The molecule has 0 fully saturated rings. The molecular weight excluding hydrogens is 344 g/mol. The molecule has 0 radical (unpaired) electrons. The number of aromatic nitrogens is 3. The van der Waals surface area contributed by atoms with Crippen LogP contribution in [0.2, 0.25) is 0 Å². The second-order valence-electron chi connectivity index (χ2n) is 4.85. The molecule has 2 rings (SSSR count). The van der Waals surface area contributed by atoms with Gasteiger partial charge in [0.1, 0.15) is 0 Å². The van der Waals surface area contributed by atoms with Crippen molar-refractivity contribution in [3.05, 3.63) is 44.0 Å². The predicted molar refractivity (Wildman–Crippen MR) is 87.1 cm³/mol. The van der Waals surface area contributed by atoms with Gasteiger partial charge in [-0.2, -0.15) is 4.57 Å². The Morgan fingerprint density at radius 1 is 1.55 bits per heavy atom. The lowest BCUT2D eigenvalue weighted by atomic mass is 10.2. The Balaban J connectivity index is 2.07. The minimum absolute atomic E-state index is 0.192. The van der Waals surface area contributed by atoms with Crippen LogP contribution in [-0.4, -0.2) is 21.5 Å². The van der Waals surface area contributed by atoms with E-state index in [2.05, 4.69) is 14.5 Å². The van der Waals surface area contributed by atoms with Crippen molar-refractivity contribution in [2.24, 2.45) is 0 Å². The van der Waals surface area contributed by atoms with Crippen molar-refractivity contribution >= 4 is 27.5 Å². The molecular formula is C12H18N3O4P2S+. The zero-order chi connectivity index (χ0) is 16.3. The molecule has 0 aliphatic carbocycles. The molecule has 0 saturated heterocycles. The van der Waals surface area contributed by atoms with Gasteiger partial charge in [0.05, 0.1) is 17.0 Å². The lowest BCUT2D eigenvalue weighted by molar-refractivity contribution is -0.689. The second kappa shape index (κ2) is 7.11. The van der Waals surface area contributed by atoms with Crippen LogP contribution in [0.3, 0.4) is 0 Å². The van der Waals surface area contributed by atoms with Gasteiger partial charge in [-0.15, -0.1) is 0 Å². The van der Waals surface area contributed by atoms with Crippen LogP contribution < -0.4 is 10.3 Å². The predicted octanol–water partition coefficient (Wildman–Crippen LogP) is 1.32. The van der Waals surface area contributed by atoms with Crippen molar-refractivity contribution < 1.29 is 18.5 Å². The molecule has 2 atom stereocenters. The highest BCUT2D eigenvalue weighted by Gasteiger charge is 2.18. The monoisotopic (exact) mass is 362 g/mol. The number of hydrogen-bond donors (Lipinski definition) is 2. The molecule has 22 heavy (non-hydrogen) atoms. The Kier molecular flexibility index (Phi) is 5.64. The van der Waals surface area contributed by atoms with Crippen LogP contribution >= 0.6 is 27.5 Å². The van der Waals surface area contributed by atoms with Gasteiger partial charge in [0, 0.05) is 25.2 Å². The number of aromatic amines is 1. The van der Waals surface area contributed by atoms with Crippen LogP contribution in [0.5, 0.6) is 0 Å². The molecule has 2 aromatic rings. The molecule has 0 amide bonds. The summed E-state index contributed by atoms with van der Waals surface area (Å²) in [5, 5.41) is 0. The Bertz CT molecular complexity index is 768. The third-order valence-electron chi connectivity index (χ3n) is 3.22. The molecule has 0 bridgehead atoms. The fraction of sp³-hybridized carbons (Fsp3) is 0.417. The van der Waals surface area contributed by atoms with E-state index in [-0.39, 0.29) is 12.3 Å². The Labute approximate surface area is 134 Å². The zero-order valence-corrected chi connectivity index (χ0v) is 15.1. The van der Waals surface area contributed by atoms with Crippen molar-refractivity contribution in [3.8, 4) is 0 Å². The van der Waals surface area contributed by atoms with E-state index in [0.29, 0.717) is 13.0 Å². The topological polar surface area (TPSA) is 96.2 Å². The first kappa shape index (κ1) is 17.4. The zero-order valence-electron chi connectivity index (χ0n) is 12.3. The molecule has 0 aromatic carbocycles. The lowest BCUT2D eigenvalue weighted by Gasteiger charge is -2.05. The first-order valence-electron chi connectivity index (χ1n) is 6.53. The average molecular weight is 362 g/mol. The Morgan fingerprint density at radius 3 is 2.91 bits per heavy atom. The molecule has 120 valence electrons. The van der Waals surface area contributed by atoms with Crippen molar-refractivity contribution in [3.63, 3.8) is 0 Å². The SMILES string of the molecule is Cc1[nH]c(=O)ncc1C[n+]1csc(CCOP(=O)(O)P)c1C. The van der Waals surface area contributed by atoms with E-state index < -0.39 is 7.28 Å². The summed E-state index contributed by atoms with van der Waals surface area (Å²) in [6, 6.07) is 0. The number of H-pyrrole nitrogens is 1. The first-order chi connectivity index (χ1) is 10.3. The van der Waals surface area contributed by atoms with Crippen molar-refractivity contribution in [2.75, 3.05) is 6.61 Å². The number of aryl methyl sites for hydroxylation is 1. The summed E-state index contributed by atoms with van der Waals surface area (Å²) in [6.45, 7) is 4.63. The van der Waals surface area contributed by atoms with Gasteiger partial charge in [0.25, 0.3) is 0 Å². The van der Waals surface area contributed by atoms with Crippen LogP contribution in [0.25, 0.3) is 0 Å². The van der Waals surface area contributed by atoms with Gasteiger partial charge >= 0.3 is 13.0 Å². The Morgan fingerprint density at radius 2 is 2.27 bits per heavy atom. The molecule has 0 saturated carbocycles. The van der Waals surface area contributed by atoms with Crippen LogP contribution in [0.4, 0.5) is 0 Å². The third kappa shape index (κ3) is 4.80. The van der Waals surface area contributed by atoms with E-state index in [9.17, 15) is 9.36 Å². The van der Waals surface area contributed by atoms with Crippen LogP contribution in [-0.2, 0) is 22.1 Å². The summed E-state index contributed by atoms with van der Waals surface area (Å²) in [4.78, 5) is 27.7. The normalized spacial score (nSPS) is 14.0. The summed E-state index contributed by atoms with van der Waals surface area (Å²) < 4.78 is 18.0. The van der Waals surface area contributed by atoms with E-state index in [4.69, 9.17) is 9.42 Å². The van der Waals surface area contributed by atoms with E-state index in [1.54, 1.807) is 26.5 Å². The minimum Gasteiger partial charge on any atom is -0.322 e. The Hall–Kier alpha value is -0.910. The second-order valence-corrected chi connectivity index (χ2v) is 9.13. The quantitative estimate of drug-likeness (QED) is 0.597. The summed E-state index contributed by atoms with van der Waals surface area (Å²) in [5.74, 6) is 0. The van der Waals surface area contributed by atoms with E-state index in [1.165, 1.54) is 0 Å². The van der Waals surface area contributed by atoms with E-state index >= 15 is 0 Å². The maximum atomic E-state index is 11.1. The number of thiazole rings is 1. The summed E-state index contributed by atoms with van der Waals surface area (Å²) in [6.07, 6.45) is 2.16. The fourth-order valence-electron chi connectivity index (χ4n) is 1.97. The van der Waals surface area contributed by atoms with Crippen LogP contribution in [0.1, 0.15) is 21.8 Å². The molecule has 0 spiro atoms. The van der Waals surface area contributed by atoms with E-state index in [0.717, 1.165) is 21.8 Å². The van der Waals surface area contributed by atoms with Gasteiger partial charge in [-0.05, 0) is 15.9 Å². The molecule has 7 nitrogen and oxygen atoms in total. The maximum Gasteiger partial charge on any atom is 0.345 e. The van der Waals surface area contributed by atoms with Crippen molar-refractivity contribution in [1.29, 1.82) is 0 Å². The van der Waals surface area contributed by atoms with Gasteiger partial charge in [0.2, 0.25) is 5.51 Å². The number of rotatable bonds is 6. The van der Waals surface area contributed by atoms with Crippen molar-refractivity contribution in [2.45, 2.75) is 26.8 Å². The highest BCUT2D eigenvalue weighted by atomic mass is 32.1. The summed E-state index contributed by atoms with van der Waals surface area (Å²) in [5.41, 5.74) is 4.44. The van der Waals surface area contributed by atoms with Gasteiger partial charge in [-0.25, -0.2) is 9.78 Å². The number of nitrogens with one attached hydrogen (secondary N) is 1. The number of hydrogen-bond acceptors (Lipinski definition) is 5. The first-order valence-corrected chi connectivity index (χ1v) is 10.6. The largest absolute Gasteiger partial charge is 0.345 e. The third-order valence-corrected chi connectivity index (χ3v) is 5.36. The summed E-state index contributed by atoms with van der Waals surface area (Å²) >= 11 is 1.57. The molecule has 2 heterocycles. The van der Waals surface area contributed by atoms with Crippen molar-refractivity contribution in [1.82, 2.24) is 9.97 Å². The smallest absolute Gasteiger partial charge is 0.322 e. The molecule has 10 heteroatoms. The molecule has 2 unspecified atom stereocenters. The van der Waals surface area contributed by atoms with Gasteiger partial charge in [-0.1, -0.05) is 11.3 Å². The maximum absolute atomic E-state index is 11.1. The highest BCUT2D eigenvalue weighted by molar-refractivity contribution is 8.11. The number of nitrogens with zero attached hydrogens (tertiary/aromatic N) is 2. The van der Waals surface area contributed by atoms with Crippen LogP contribution in [0.15, 0.2) is 16.5 Å². The van der Waals surface area contributed by atoms with Gasteiger partial charge in [-0.3, -0.25) is 4.57 Å². The molecule has 0 aliphatic rings. The molecule has 2 N–H and O–H groups in total.